The van der Waals surface area contributed by atoms with Crippen LogP contribution in [0.15, 0.2) is 0 Å². The molecule has 31 heavy (non-hydrogen) atoms. The Morgan fingerprint density at radius 1 is 0.484 bits per heavy atom. The molecular weight excluding hydrogens is 382 g/mol. The number of rotatable bonds is 23. The van der Waals surface area contributed by atoms with Gasteiger partial charge < -0.3 is 10.0 Å². The first-order chi connectivity index (χ1) is 15.1. The van der Waals surface area contributed by atoms with Crippen molar-refractivity contribution in [2.75, 3.05) is 19.6 Å². The molecule has 0 aliphatic carbocycles. The monoisotopic (exact) mass is 441 g/mol. The summed E-state index contributed by atoms with van der Waals surface area (Å²) in [5.41, 5.74) is 0. The van der Waals surface area contributed by atoms with Gasteiger partial charge in [-0.15, -0.1) is 0 Å². The first-order valence-corrected chi connectivity index (χ1v) is 14.1. The molecule has 0 aromatic rings. The molecule has 0 atom stereocenters. The topological polar surface area (TPSA) is 40.5 Å². The maximum Gasteiger partial charge on any atom is 0.303 e. The van der Waals surface area contributed by atoms with Gasteiger partial charge in [-0.25, -0.2) is 0 Å². The van der Waals surface area contributed by atoms with Gasteiger partial charge in [0.15, 0.2) is 0 Å². The van der Waals surface area contributed by atoms with Crippen molar-refractivity contribution in [3.63, 3.8) is 0 Å². The van der Waals surface area contributed by atoms with Crippen molar-refractivity contribution in [3.05, 3.63) is 0 Å². The Hall–Kier alpha value is -0.570. The minimum atomic E-state index is -0.651. The van der Waals surface area contributed by atoms with Gasteiger partial charge in [0, 0.05) is 6.42 Å². The molecule has 0 amide bonds. The van der Waals surface area contributed by atoms with E-state index in [1.54, 1.807) is 0 Å². The summed E-state index contributed by atoms with van der Waals surface area (Å²) in [6.45, 7) is 12.4. The van der Waals surface area contributed by atoms with Crippen LogP contribution in [0.3, 0.4) is 0 Å². The highest BCUT2D eigenvalue weighted by Gasteiger charge is 1.97. The van der Waals surface area contributed by atoms with Crippen LogP contribution in [0.2, 0.25) is 0 Å². The molecule has 0 bridgehead atoms. The van der Waals surface area contributed by atoms with Crippen molar-refractivity contribution in [1.82, 2.24) is 4.90 Å². The zero-order valence-electron chi connectivity index (χ0n) is 22.1. The van der Waals surface area contributed by atoms with E-state index in [4.69, 9.17) is 5.11 Å². The second-order valence-corrected chi connectivity index (χ2v) is 9.13. The number of carbonyl (C=O) groups is 1. The second-order valence-electron chi connectivity index (χ2n) is 9.13. The summed E-state index contributed by atoms with van der Waals surface area (Å²) in [4.78, 5) is 12.8. The van der Waals surface area contributed by atoms with Crippen LogP contribution in [-0.2, 0) is 4.79 Å². The van der Waals surface area contributed by atoms with Gasteiger partial charge in [-0.2, -0.15) is 0 Å². The number of nitrogens with zero attached hydrogens (tertiary/aromatic N) is 1. The van der Waals surface area contributed by atoms with Crippen LogP contribution in [0.4, 0.5) is 0 Å². The summed E-state index contributed by atoms with van der Waals surface area (Å²) < 4.78 is 0. The third kappa shape index (κ3) is 31.7. The van der Waals surface area contributed by atoms with Gasteiger partial charge in [0.2, 0.25) is 0 Å². The summed E-state index contributed by atoms with van der Waals surface area (Å²) in [6, 6.07) is 0. The molecule has 0 aliphatic rings. The largest absolute Gasteiger partial charge is 0.481 e. The number of carboxylic acids is 1. The van der Waals surface area contributed by atoms with Crippen LogP contribution in [0.5, 0.6) is 0 Å². The summed E-state index contributed by atoms with van der Waals surface area (Å²) in [5, 5.41) is 8.56. The molecule has 0 aromatic carbocycles. The summed E-state index contributed by atoms with van der Waals surface area (Å²) >= 11 is 0. The van der Waals surface area contributed by atoms with E-state index in [1.165, 1.54) is 129 Å². The molecule has 0 heterocycles. The lowest BCUT2D eigenvalue weighted by Gasteiger charge is -2.13. The fraction of sp³-hybridized carbons (Fsp3) is 0.964. The third-order valence-corrected chi connectivity index (χ3v) is 6.34. The Balaban J connectivity index is 0. The maximum atomic E-state index is 10.4. The van der Waals surface area contributed by atoms with Crippen LogP contribution < -0.4 is 0 Å². The molecule has 1 N–H and O–H groups in total. The summed E-state index contributed by atoms with van der Waals surface area (Å²) in [5.74, 6) is -0.651. The molecule has 0 rings (SSSR count). The number of hydrogen-bond acceptors (Lipinski definition) is 2. The molecule has 3 heteroatoms. The Morgan fingerprint density at radius 3 is 0.935 bits per heavy atom. The lowest BCUT2D eigenvalue weighted by atomic mass is 10.0. The molecule has 188 valence electrons. The first-order valence-electron chi connectivity index (χ1n) is 14.1. The van der Waals surface area contributed by atoms with Crippen molar-refractivity contribution in [1.29, 1.82) is 0 Å². The Labute approximate surface area is 196 Å². The van der Waals surface area contributed by atoms with E-state index in [2.05, 4.69) is 32.6 Å². The molecule has 0 saturated carbocycles. The SMILES string of the molecule is CCCCCCCCCCCCCCCCCCCCCC(=O)O.CCN(CC)CC. The van der Waals surface area contributed by atoms with Crippen molar-refractivity contribution in [2.24, 2.45) is 0 Å². The van der Waals surface area contributed by atoms with Crippen molar-refractivity contribution < 1.29 is 9.90 Å². The maximum absolute atomic E-state index is 10.4. The molecular formula is C28H59NO2. The zero-order chi connectivity index (χ0) is 23.4. The Kier molecular flexibility index (Phi) is 31.0. The van der Waals surface area contributed by atoms with Crippen LogP contribution in [0.1, 0.15) is 156 Å². The van der Waals surface area contributed by atoms with E-state index >= 15 is 0 Å². The predicted octanol–water partition coefficient (Wildman–Crippen LogP) is 9.24. The van der Waals surface area contributed by atoms with Gasteiger partial charge in [0.1, 0.15) is 0 Å². The number of aliphatic carboxylic acids is 1. The molecule has 0 aromatic heterocycles. The molecule has 0 spiro atoms. The van der Waals surface area contributed by atoms with Crippen LogP contribution >= 0.6 is 0 Å². The molecule has 0 unspecified atom stereocenters. The fourth-order valence-electron chi connectivity index (χ4n) is 4.03. The van der Waals surface area contributed by atoms with Gasteiger partial charge >= 0.3 is 5.97 Å². The van der Waals surface area contributed by atoms with E-state index in [0.29, 0.717) is 6.42 Å². The van der Waals surface area contributed by atoms with E-state index in [9.17, 15) is 4.79 Å². The zero-order valence-corrected chi connectivity index (χ0v) is 22.1. The standard InChI is InChI=1S/C22H44O2.C6H15N/c1-2-3-4-5-6-7-8-9-10-11-12-13-14-15-16-17-18-19-20-21-22(23)24;1-4-7(5-2)6-3/h2-21H2,1H3,(H,23,24);4-6H2,1-3H3. The highest BCUT2D eigenvalue weighted by Crippen LogP contribution is 2.14. The number of carboxylic acid groups (broad SMARTS) is 1. The molecule has 0 radical (unpaired) electrons. The van der Waals surface area contributed by atoms with E-state index in [-0.39, 0.29) is 0 Å². The van der Waals surface area contributed by atoms with Crippen LogP contribution in [0.25, 0.3) is 0 Å². The minimum Gasteiger partial charge on any atom is -0.481 e. The van der Waals surface area contributed by atoms with Crippen LogP contribution in [-0.4, -0.2) is 35.6 Å². The van der Waals surface area contributed by atoms with Gasteiger partial charge in [-0.05, 0) is 26.1 Å². The number of hydrogen-bond donors (Lipinski definition) is 1. The normalized spacial score (nSPS) is 10.9. The molecule has 3 nitrogen and oxygen atoms in total. The van der Waals surface area contributed by atoms with E-state index in [1.807, 2.05) is 0 Å². The quantitative estimate of drug-likeness (QED) is 0.161. The van der Waals surface area contributed by atoms with Gasteiger partial charge in [0.05, 0.1) is 0 Å². The van der Waals surface area contributed by atoms with Crippen molar-refractivity contribution in [2.45, 2.75) is 156 Å². The smallest absolute Gasteiger partial charge is 0.303 e. The Bertz CT molecular complexity index is 323. The Morgan fingerprint density at radius 2 is 0.742 bits per heavy atom. The van der Waals surface area contributed by atoms with Gasteiger partial charge in [-0.3, -0.25) is 4.79 Å². The van der Waals surface area contributed by atoms with Crippen molar-refractivity contribution >= 4 is 5.97 Å². The minimum absolute atomic E-state index is 0.346. The lowest BCUT2D eigenvalue weighted by Crippen LogP contribution is -2.21. The highest BCUT2D eigenvalue weighted by molar-refractivity contribution is 5.66. The number of unbranched alkanes of at least 4 members (excludes halogenated alkanes) is 18. The molecule has 0 saturated heterocycles. The molecule has 0 aliphatic heterocycles. The summed E-state index contributed by atoms with van der Waals surface area (Å²) in [7, 11) is 0. The second kappa shape index (κ2) is 29.4. The third-order valence-electron chi connectivity index (χ3n) is 6.34. The van der Waals surface area contributed by atoms with Gasteiger partial charge in [-0.1, -0.05) is 143 Å². The lowest BCUT2D eigenvalue weighted by molar-refractivity contribution is -0.137. The first kappa shape index (κ1) is 32.6. The van der Waals surface area contributed by atoms with Gasteiger partial charge in [0.25, 0.3) is 0 Å². The van der Waals surface area contributed by atoms with E-state index in [0.717, 1.165) is 12.8 Å². The van der Waals surface area contributed by atoms with Crippen LogP contribution in [0, 0.1) is 0 Å². The summed E-state index contributed by atoms with van der Waals surface area (Å²) in [6.07, 6.45) is 26.1. The predicted molar refractivity (Wildman–Crippen MR) is 139 cm³/mol. The van der Waals surface area contributed by atoms with E-state index < -0.39 is 5.97 Å². The average molecular weight is 442 g/mol. The van der Waals surface area contributed by atoms with Crippen molar-refractivity contribution in [3.8, 4) is 0 Å². The fourth-order valence-corrected chi connectivity index (χ4v) is 4.03. The average Bonchev–Trinajstić information content (AvgIpc) is 2.77. The highest BCUT2D eigenvalue weighted by atomic mass is 16.4. The molecule has 0 fully saturated rings.